The normalized spacial score (nSPS) is 45.8. The summed E-state index contributed by atoms with van der Waals surface area (Å²) in [5, 5.41) is 0. The van der Waals surface area contributed by atoms with Crippen molar-refractivity contribution in [2.24, 2.45) is 29.1 Å². The molecular weight excluding hydrogens is 260 g/mol. The average molecular weight is 284 g/mol. The van der Waals surface area contributed by atoms with Crippen molar-refractivity contribution in [1.29, 1.82) is 0 Å². The van der Waals surface area contributed by atoms with Gasteiger partial charge in [0, 0.05) is 18.3 Å². The van der Waals surface area contributed by atoms with Gasteiger partial charge < -0.3 is 0 Å². The number of carbonyl (C=O) groups excluding carboxylic acids is 2. The SMILES string of the molecule is C=C1CC2C3CC=C4CC(=O)CCC4C3CCC2(C)C1=O. The van der Waals surface area contributed by atoms with Crippen LogP contribution >= 0.6 is 0 Å². The van der Waals surface area contributed by atoms with Crippen molar-refractivity contribution >= 4 is 11.6 Å². The number of rotatable bonds is 0. The van der Waals surface area contributed by atoms with Crippen LogP contribution in [0.4, 0.5) is 0 Å². The Bertz CT molecular complexity index is 570. The molecule has 0 radical (unpaired) electrons. The zero-order chi connectivity index (χ0) is 14.8. The topological polar surface area (TPSA) is 34.1 Å². The summed E-state index contributed by atoms with van der Waals surface area (Å²) < 4.78 is 0. The minimum absolute atomic E-state index is 0.145. The molecule has 0 saturated heterocycles. The Morgan fingerprint density at radius 2 is 2.05 bits per heavy atom. The van der Waals surface area contributed by atoms with Crippen LogP contribution in [0.5, 0.6) is 0 Å². The molecule has 21 heavy (non-hydrogen) atoms. The maximum atomic E-state index is 12.5. The molecule has 0 aromatic rings. The van der Waals surface area contributed by atoms with Gasteiger partial charge in [0.2, 0.25) is 0 Å². The van der Waals surface area contributed by atoms with E-state index in [1.807, 2.05) is 0 Å². The zero-order valence-electron chi connectivity index (χ0n) is 12.9. The lowest BCUT2D eigenvalue weighted by atomic mass is 9.53. The molecule has 0 aromatic heterocycles. The molecule has 4 rings (SSSR count). The lowest BCUT2D eigenvalue weighted by Gasteiger charge is -2.51. The lowest BCUT2D eigenvalue weighted by Crippen LogP contribution is -2.46. The summed E-state index contributed by atoms with van der Waals surface area (Å²) in [5.41, 5.74) is 2.13. The minimum Gasteiger partial charge on any atom is -0.299 e. The Balaban J connectivity index is 1.67. The van der Waals surface area contributed by atoms with Crippen molar-refractivity contribution in [3.05, 3.63) is 23.8 Å². The first-order chi connectivity index (χ1) is 10.0. The summed E-state index contributed by atoms with van der Waals surface area (Å²) >= 11 is 0. The third kappa shape index (κ3) is 1.77. The average Bonchev–Trinajstić information content (AvgIpc) is 2.70. The number of fused-ring (bicyclic) bond motifs is 5. The van der Waals surface area contributed by atoms with Gasteiger partial charge in [0.1, 0.15) is 5.78 Å². The summed E-state index contributed by atoms with van der Waals surface area (Å²) in [6, 6.07) is 0. The Labute approximate surface area is 126 Å². The summed E-state index contributed by atoms with van der Waals surface area (Å²) in [7, 11) is 0. The summed E-state index contributed by atoms with van der Waals surface area (Å²) in [4.78, 5) is 24.2. The van der Waals surface area contributed by atoms with Gasteiger partial charge in [-0.2, -0.15) is 0 Å². The van der Waals surface area contributed by atoms with Crippen molar-refractivity contribution in [2.45, 2.75) is 51.9 Å². The van der Waals surface area contributed by atoms with Gasteiger partial charge >= 0.3 is 0 Å². The molecule has 3 saturated carbocycles. The van der Waals surface area contributed by atoms with Crippen LogP contribution < -0.4 is 0 Å². The van der Waals surface area contributed by atoms with E-state index >= 15 is 0 Å². The van der Waals surface area contributed by atoms with Crippen LogP contribution in [0.15, 0.2) is 23.8 Å². The van der Waals surface area contributed by atoms with Gasteiger partial charge in [-0.3, -0.25) is 9.59 Å². The van der Waals surface area contributed by atoms with Crippen LogP contribution in [-0.2, 0) is 9.59 Å². The lowest BCUT2D eigenvalue weighted by molar-refractivity contribution is -0.128. The number of hydrogen-bond acceptors (Lipinski definition) is 2. The maximum absolute atomic E-state index is 12.5. The largest absolute Gasteiger partial charge is 0.299 e. The fourth-order valence-corrected chi connectivity index (χ4v) is 5.85. The van der Waals surface area contributed by atoms with Crippen molar-refractivity contribution < 1.29 is 9.59 Å². The number of allylic oxidation sites excluding steroid dienone is 3. The molecular formula is C19H24O2. The zero-order valence-corrected chi connectivity index (χ0v) is 12.9. The fourth-order valence-electron chi connectivity index (χ4n) is 5.85. The van der Waals surface area contributed by atoms with Gasteiger partial charge in [-0.05, 0) is 61.3 Å². The third-order valence-corrected chi connectivity index (χ3v) is 6.97. The molecule has 112 valence electrons. The molecule has 4 aliphatic carbocycles. The van der Waals surface area contributed by atoms with E-state index in [1.54, 1.807) is 0 Å². The number of ketones is 2. The highest BCUT2D eigenvalue weighted by molar-refractivity contribution is 6.02. The molecule has 0 aliphatic heterocycles. The molecule has 0 N–H and O–H groups in total. The van der Waals surface area contributed by atoms with Crippen molar-refractivity contribution in [2.75, 3.05) is 0 Å². The van der Waals surface area contributed by atoms with E-state index in [0.717, 1.165) is 44.1 Å². The number of hydrogen-bond donors (Lipinski definition) is 0. The first-order valence-corrected chi connectivity index (χ1v) is 8.44. The second-order valence-corrected chi connectivity index (χ2v) is 7.90. The Hall–Kier alpha value is -1.18. The third-order valence-electron chi connectivity index (χ3n) is 6.97. The van der Waals surface area contributed by atoms with Gasteiger partial charge in [-0.25, -0.2) is 0 Å². The molecule has 0 bridgehead atoms. The molecule has 0 aromatic carbocycles. The van der Waals surface area contributed by atoms with E-state index < -0.39 is 0 Å². The van der Waals surface area contributed by atoms with E-state index in [2.05, 4.69) is 19.6 Å². The second-order valence-electron chi connectivity index (χ2n) is 7.90. The molecule has 5 unspecified atom stereocenters. The van der Waals surface area contributed by atoms with E-state index in [9.17, 15) is 9.59 Å². The van der Waals surface area contributed by atoms with Gasteiger partial charge in [0.05, 0.1) is 0 Å². The van der Waals surface area contributed by atoms with Gasteiger partial charge in [-0.15, -0.1) is 0 Å². The smallest absolute Gasteiger partial charge is 0.164 e. The summed E-state index contributed by atoms with van der Waals surface area (Å²) in [6.07, 6.45) is 9.02. The highest BCUT2D eigenvalue weighted by atomic mass is 16.1. The van der Waals surface area contributed by atoms with Gasteiger partial charge in [0.25, 0.3) is 0 Å². The number of Topliss-reactive ketones (excluding diaryl/α,β-unsaturated/α-hetero) is 2. The molecule has 5 atom stereocenters. The van der Waals surface area contributed by atoms with Crippen LogP contribution in [0.3, 0.4) is 0 Å². The monoisotopic (exact) mass is 284 g/mol. The molecule has 0 amide bonds. The highest BCUT2D eigenvalue weighted by Gasteiger charge is 2.56. The predicted molar refractivity (Wildman–Crippen MR) is 81.6 cm³/mol. The second kappa shape index (κ2) is 4.41. The quantitative estimate of drug-likeness (QED) is 0.500. The fraction of sp³-hybridized carbons (Fsp3) is 0.684. The van der Waals surface area contributed by atoms with Gasteiger partial charge in [0.15, 0.2) is 5.78 Å². The standard InChI is InChI=1S/C19H24O2/c1-11-9-17-16-5-3-12-10-13(20)4-6-14(12)15(16)7-8-19(17,2)18(11)21/h3,14-17H,1,4-10H2,2H3. The van der Waals surface area contributed by atoms with E-state index in [4.69, 9.17) is 0 Å². The first kappa shape index (κ1) is 13.5. The van der Waals surface area contributed by atoms with Crippen LogP contribution in [0.2, 0.25) is 0 Å². The maximum Gasteiger partial charge on any atom is 0.164 e. The molecule has 2 heteroatoms. The summed E-state index contributed by atoms with van der Waals surface area (Å²) in [6.45, 7) is 6.20. The highest BCUT2D eigenvalue weighted by Crippen LogP contribution is 2.60. The first-order valence-electron chi connectivity index (χ1n) is 8.44. The van der Waals surface area contributed by atoms with Crippen molar-refractivity contribution in [3.63, 3.8) is 0 Å². The van der Waals surface area contributed by atoms with E-state index in [1.165, 1.54) is 5.57 Å². The van der Waals surface area contributed by atoms with Crippen molar-refractivity contribution in [3.8, 4) is 0 Å². The molecule has 2 nitrogen and oxygen atoms in total. The number of carbonyl (C=O) groups is 2. The van der Waals surface area contributed by atoms with Crippen LogP contribution in [-0.4, -0.2) is 11.6 Å². The van der Waals surface area contributed by atoms with Crippen LogP contribution in [0.25, 0.3) is 0 Å². The molecule has 0 spiro atoms. The van der Waals surface area contributed by atoms with Crippen LogP contribution in [0.1, 0.15) is 51.9 Å². The minimum atomic E-state index is -0.145. The molecule has 4 aliphatic rings. The van der Waals surface area contributed by atoms with Crippen molar-refractivity contribution in [1.82, 2.24) is 0 Å². The van der Waals surface area contributed by atoms with E-state index in [-0.39, 0.29) is 5.41 Å². The Morgan fingerprint density at radius 1 is 1.24 bits per heavy atom. The molecule has 0 heterocycles. The Kier molecular flexibility index (Phi) is 2.83. The molecule has 3 fully saturated rings. The summed E-state index contributed by atoms with van der Waals surface area (Å²) in [5.74, 6) is 3.20. The van der Waals surface area contributed by atoms with E-state index in [0.29, 0.717) is 41.7 Å². The predicted octanol–water partition coefficient (Wildman–Crippen LogP) is 3.86. The van der Waals surface area contributed by atoms with Crippen LogP contribution in [0, 0.1) is 29.1 Å². The Morgan fingerprint density at radius 3 is 2.86 bits per heavy atom. The van der Waals surface area contributed by atoms with Gasteiger partial charge in [-0.1, -0.05) is 25.2 Å².